The molecule has 0 radical (unpaired) electrons. The molecular weight excluding hydrogens is 699 g/mol. The van der Waals surface area contributed by atoms with Crippen molar-refractivity contribution in [3.63, 3.8) is 0 Å². The number of hydrogen-bond acceptors (Lipinski definition) is 9. The Labute approximate surface area is 253 Å². The van der Waals surface area contributed by atoms with Gasteiger partial charge in [0.2, 0.25) is 0 Å². The molecule has 0 aromatic heterocycles. The average Bonchev–Trinajstić information content (AvgIpc) is 2.91. The van der Waals surface area contributed by atoms with Gasteiger partial charge >= 0.3 is 12.0 Å². The Morgan fingerprint density at radius 1 is 1.30 bits per heavy atom. The standard InChI is InChI=1S/C27H28BrIN4O7/c1-5-9-39-25-18(28)10-16(11-19(25)29)13-30-33-22(34)14-40-20-8-7-17(12-21(20)38-6-2)24-23(26(35)37-4)15(3)31-27(36)32-24/h1,7-8,10-13,22,24,33-34H,6,9,14H2,2-4H3,(H2,31,32,36)/b30-13-/t22-,24+/m1/s1. The number of terminal acetylenes is 1. The van der Waals surface area contributed by atoms with Crippen molar-refractivity contribution < 1.29 is 33.6 Å². The summed E-state index contributed by atoms with van der Waals surface area (Å²) in [6, 6.07) is 7.46. The molecule has 0 unspecified atom stereocenters. The summed E-state index contributed by atoms with van der Waals surface area (Å²) in [6.07, 6.45) is 5.67. The molecule has 0 aliphatic carbocycles. The van der Waals surface area contributed by atoms with Crippen LogP contribution in [0.3, 0.4) is 0 Å². The van der Waals surface area contributed by atoms with Crippen LogP contribution in [0.2, 0.25) is 0 Å². The summed E-state index contributed by atoms with van der Waals surface area (Å²) in [5, 5.41) is 19.7. The Hall–Kier alpha value is -3.48. The molecule has 11 nitrogen and oxygen atoms in total. The van der Waals surface area contributed by atoms with E-state index < -0.39 is 24.3 Å². The summed E-state index contributed by atoms with van der Waals surface area (Å²) in [6.45, 7) is 3.78. The van der Waals surface area contributed by atoms with E-state index in [0.29, 0.717) is 35.1 Å². The topological polar surface area (TPSA) is 140 Å². The molecular formula is C27H28BrIN4O7. The first-order chi connectivity index (χ1) is 19.2. The van der Waals surface area contributed by atoms with Gasteiger partial charge in [-0.2, -0.15) is 5.10 Å². The van der Waals surface area contributed by atoms with Gasteiger partial charge in [-0.1, -0.05) is 12.0 Å². The van der Waals surface area contributed by atoms with E-state index in [0.717, 1.165) is 13.6 Å². The predicted octanol–water partition coefficient (Wildman–Crippen LogP) is 3.59. The largest absolute Gasteiger partial charge is 0.490 e. The molecule has 40 heavy (non-hydrogen) atoms. The second-order valence-corrected chi connectivity index (χ2v) is 10.2. The van der Waals surface area contributed by atoms with Crippen LogP contribution < -0.4 is 30.3 Å². The number of aliphatic hydroxyl groups excluding tert-OH is 1. The van der Waals surface area contributed by atoms with Gasteiger partial charge in [-0.15, -0.1) is 6.42 Å². The van der Waals surface area contributed by atoms with Crippen LogP contribution in [0.1, 0.15) is 31.0 Å². The number of amides is 2. The lowest BCUT2D eigenvalue weighted by Crippen LogP contribution is -2.45. The number of carbonyl (C=O) groups is 2. The zero-order valence-electron chi connectivity index (χ0n) is 21.9. The highest BCUT2D eigenvalue weighted by Gasteiger charge is 2.32. The summed E-state index contributed by atoms with van der Waals surface area (Å²) in [4.78, 5) is 24.5. The summed E-state index contributed by atoms with van der Waals surface area (Å²) < 4.78 is 23.5. The van der Waals surface area contributed by atoms with Crippen molar-refractivity contribution in [1.29, 1.82) is 0 Å². The van der Waals surface area contributed by atoms with Gasteiger partial charge < -0.3 is 34.7 Å². The molecule has 3 rings (SSSR count). The monoisotopic (exact) mass is 726 g/mol. The molecule has 1 heterocycles. The fourth-order valence-electron chi connectivity index (χ4n) is 3.73. The van der Waals surface area contributed by atoms with E-state index in [1.165, 1.54) is 7.11 Å². The number of ether oxygens (including phenoxy) is 4. The number of nitrogens with zero attached hydrogens (tertiary/aromatic N) is 1. The van der Waals surface area contributed by atoms with Crippen molar-refractivity contribution in [2.45, 2.75) is 26.1 Å². The molecule has 13 heteroatoms. The maximum Gasteiger partial charge on any atom is 0.337 e. The highest BCUT2D eigenvalue weighted by atomic mass is 127. The number of esters is 1. The first-order valence-electron chi connectivity index (χ1n) is 12.0. The maximum atomic E-state index is 12.4. The van der Waals surface area contributed by atoms with Crippen LogP contribution in [0.25, 0.3) is 0 Å². The molecule has 0 saturated carbocycles. The van der Waals surface area contributed by atoms with Gasteiger partial charge in [0, 0.05) is 5.70 Å². The molecule has 1 aliphatic heterocycles. The van der Waals surface area contributed by atoms with Crippen LogP contribution in [-0.2, 0) is 9.53 Å². The fraction of sp³-hybridized carbons (Fsp3) is 0.296. The van der Waals surface area contributed by atoms with Crippen LogP contribution >= 0.6 is 38.5 Å². The number of hydrogen-bond donors (Lipinski definition) is 4. The first kappa shape index (κ1) is 31.1. The van der Waals surface area contributed by atoms with Gasteiger partial charge in [0.05, 0.1) is 39.6 Å². The van der Waals surface area contributed by atoms with Gasteiger partial charge in [0.15, 0.2) is 17.7 Å². The molecule has 2 amide bonds. The van der Waals surface area contributed by atoms with Gasteiger partial charge in [0.1, 0.15) is 19.0 Å². The zero-order valence-corrected chi connectivity index (χ0v) is 25.7. The third-order valence-corrected chi connectivity index (χ3v) is 6.82. The van der Waals surface area contributed by atoms with Crippen LogP contribution in [-0.4, -0.2) is 56.5 Å². The van der Waals surface area contributed by atoms with Gasteiger partial charge in [-0.05, 0) is 87.8 Å². The quantitative estimate of drug-likeness (QED) is 0.0651. The predicted molar refractivity (Wildman–Crippen MR) is 160 cm³/mol. The number of hydrazone groups is 1. The molecule has 0 spiro atoms. The lowest BCUT2D eigenvalue weighted by atomic mass is 9.95. The van der Waals surface area contributed by atoms with Crippen molar-refractivity contribution in [2.24, 2.45) is 5.10 Å². The second-order valence-electron chi connectivity index (χ2n) is 8.22. The SMILES string of the molecule is C#CCOc1c(Br)cc(/C=N\N[C@H](O)COc2ccc([C@@H]3NC(=O)NC(C)=C3C(=O)OC)cc2OCC)cc1I. The maximum absolute atomic E-state index is 12.4. The Balaban J connectivity index is 1.68. The number of halogens is 2. The smallest absolute Gasteiger partial charge is 0.337 e. The Kier molecular flexibility index (Phi) is 11.5. The zero-order chi connectivity index (χ0) is 29.2. The number of urea groups is 1. The third kappa shape index (κ3) is 8.03. The van der Waals surface area contributed by atoms with Crippen LogP contribution in [0.4, 0.5) is 4.79 Å². The number of aliphatic hydroxyl groups is 1. The highest BCUT2D eigenvalue weighted by molar-refractivity contribution is 14.1. The van der Waals surface area contributed by atoms with Crippen molar-refractivity contribution >= 4 is 56.7 Å². The molecule has 2 aromatic carbocycles. The van der Waals surface area contributed by atoms with Crippen molar-refractivity contribution in [2.75, 3.05) is 26.9 Å². The summed E-state index contributed by atoms with van der Waals surface area (Å²) >= 11 is 5.59. The van der Waals surface area contributed by atoms with Crippen LogP contribution in [0.15, 0.2) is 51.2 Å². The number of benzene rings is 2. The van der Waals surface area contributed by atoms with Crippen LogP contribution in [0.5, 0.6) is 17.2 Å². The molecule has 2 aromatic rings. The molecule has 0 fully saturated rings. The Morgan fingerprint density at radius 2 is 2.08 bits per heavy atom. The van der Waals surface area contributed by atoms with E-state index in [1.54, 1.807) is 31.3 Å². The summed E-state index contributed by atoms with van der Waals surface area (Å²) in [7, 11) is 1.27. The molecule has 1 aliphatic rings. The van der Waals surface area contributed by atoms with Gasteiger partial charge in [-0.25, -0.2) is 9.59 Å². The van der Waals surface area contributed by atoms with E-state index >= 15 is 0 Å². The minimum Gasteiger partial charge on any atom is -0.490 e. The van der Waals surface area contributed by atoms with Gasteiger partial charge in [0.25, 0.3) is 0 Å². The Morgan fingerprint density at radius 3 is 2.75 bits per heavy atom. The molecule has 4 N–H and O–H groups in total. The number of rotatable bonds is 12. The van der Waals surface area contributed by atoms with E-state index in [2.05, 4.69) is 65.6 Å². The number of carbonyl (C=O) groups excluding carboxylic acids is 2. The van der Waals surface area contributed by atoms with Crippen molar-refractivity contribution in [3.8, 4) is 29.6 Å². The van der Waals surface area contributed by atoms with E-state index in [9.17, 15) is 14.7 Å². The van der Waals surface area contributed by atoms with Crippen molar-refractivity contribution in [3.05, 3.63) is 60.8 Å². The summed E-state index contributed by atoms with van der Waals surface area (Å²) in [5.74, 6) is 3.23. The van der Waals surface area contributed by atoms with Crippen LogP contribution in [0, 0.1) is 15.9 Å². The van der Waals surface area contributed by atoms with E-state index in [-0.39, 0.29) is 18.8 Å². The molecule has 0 bridgehead atoms. The number of allylic oxidation sites excluding steroid dienone is 1. The normalized spacial score (nSPS) is 15.5. The highest BCUT2D eigenvalue weighted by Crippen LogP contribution is 2.35. The van der Waals surface area contributed by atoms with E-state index in [1.807, 2.05) is 19.1 Å². The number of methoxy groups -OCH3 is 1. The molecule has 212 valence electrons. The minimum atomic E-state index is -1.13. The lowest BCUT2D eigenvalue weighted by Gasteiger charge is -2.28. The second kappa shape index (κ2) is 14.8. The summed E-state index contributed by atoms with van der Waals surface area (Å²) in [5.41, 5.74) is 4.62. The van der Waals surface area contributed by atoms with Crippen molar-refractivity contribution in [1.82, 2.24) is 16.1 Å². The Bertz CT molecular complexity index is 1340. The fourth-order valence-corrected chi connectivity index (χ4v) is 5.49. The molecule has 2 atom stereocenters. The third-order valence-electron chi connectivity index (χ3n) is 5.43. The van der Waals surface area contributed by atoms with E-state index in [4.69, 9.17) is 25.4 Å². The minimum absolute atomic E-state index is 0.145. The first-order valence-corrected chi connectivity index (χ1v) is 13.8. The molecule has 0 saturated heterocycles. The van der Waals surface area contributed by atoms with Gasteiger partial charge in [-0.3, -0.25) is 5.43 Å². The average molecular weight is 727 g/mol. The number of nitrogens with one attached hydrogen (secondary N) is 3. The lowest BCUT2D eigenvalue weighted by molar-refractivity contribution is -0.136.